The number of nitrogens with one attached hydrogen (secondary N) is 1. The summed E-state index contributed by atoms with van der Waals surface area (Å²) in [5.74, 6) is 2.91. The molecule has 0 aliphatic heterocycles. The Bertz CT molecular complexity index is 357. The Morgan fingerprint density at radius 2 is 2.27 bits per heavy atom. The van der Waals surface area contributed by atoms with Crippen LogP contribution in [0.1, 0.15) is 18.4 Å². The zero-order valence-electron chi connectivity index (χ0n) is 8.46. The zero-order chi connectivity index (χ0) is 11.1. The van der Waals surface area contributed by atoms with E-state index in [-0.39, 0.29) is 0 Å². The van der Waals surface area contributed by atoms with E-state index in [4.69, 9.17) is 6.42 Å². The molecule has 3 heteroatoms. The second kappa shape index (κ2) is 6.49. The van der Waals surface area contributed by atoms with Gasteiger partial charge in [-0.05, 0) is 31.2 Å². The lowest BCUT2D eigenvalue weighted by atomic mass is 10.2. The van der Waals surface area contributed by atoms with Crippen LogP contribution < -0.4 is 5.32 Å². The molecule has 15 heavy (non-hydrogen) atoms. The van der Waals surface area contributed by atoms with Crippen LogP contribution in [0.3, 0.4) is 0 Å². The molecule has 0 bridgehead atoms. The monoisotopic (exact) mass is 267 g/mol. The number of halogens is 1. The molecule has 1 aromatic carbocycles. The van der Waals surface area contributed by atoms with Crippen LogP contribution in [0.15, 0.2) is 22.7 Å². The average molecular weight is 268 g/mol. The van der Waals surface area contributed by atoms with Gasteiger partial charge in [-0.1, -0.05) is 15.9 Å². The third kappa shape index (κ3) is 4.37. The summed E-state index contributed by atoms with van der Waals surface area (Å²) in [6.45, 7) is 1.53. The van der Waals surface area contributed by atoms with E-state index in [1.807, 2.05) is 12.1 Å². The molecular formula is C12H14BrNO. The largest absolute Gasteiger partial charge is 0.508 e. The van der Waals surface area contributed by atoms with Crippen LogP contribution in [-0.4, -0.2) is 11.7 Å². The molecule has 2 nitrogen and oxygen atoms in total. The predicted octanol–water partition coefficient (Wildman–Crippen LogP) is 2.66. The smallest absolute Gasteiger partial charge is 0.120 e. The summed E-state index contributed by atoms with van der Waals surface area (Å²) < 4.78 is 0.973. The molecular weight excluding hydrogens is 254 g/mol. The molecule has 0 atom stereocenters. The molecule has 0 aliphatic rings. The summed E-state index contributed by atoms with van der Waals surface area (Å²) in [6.07, 6.45) is 6.89. The maximum absolute atomic E-state index is 9.54. The molecule has 0 saturated heterocycles. The highest BCUT2D eigenvalue weighted by atomic mass is 79.9. The second-order valence-corrected chi connectivity index (χ2v) is 4.17. The molecule has 0 fully saturated rings. The average Bonchev–Trinajstić information content (AvgIpc) is 2.23. The number of unbranched alkanes of at least 4 members (excludes halogenated alkanes) is 1. The van der Waals surface area contributed by atoms with Crippen molar-refractivity contribution in [1.29, 1.82) is 0 Å². The molecule has 0 unspecified atom stereocenters. The highest BCUT2D eigenvalue weighted by Gasteiger charge is 2.00. The maximum atomic E-state index is 9.54. The molecule has 0 radical (unpaired) electrons. The summed E-state index contributed by atoms with van der Waals surface area (Å²) in [5, 5.41) is 12.8. The summed E-state index contributed by atoms with van der Waals surface area (Å²) in [6, 6.07) is 5.41. The number of phenols is 1. The number of terminal acetylenes is 1. The molecule has 0 saturated carbocycles. The first-order valence-corrected chi connectivity index (χ1v) is 5.65. The lowest BCUT2D eigenvalue weighted by molar-refractivity contribution is 0.464. The van der Waals surface area contributed by atoms with Gasteiger partial charge in [0.05, 0.1) is 0 Å². The van der Waals surface area contributed by atoms with Crippen molar-refractivity contribution < 1.29 is 5.11 Å². The quantitative estimate of drug-likeness (QED) is 0.635. The van der Waals surface area contributed by atoms with Crippen molar-refractivity contribution in [2.45, 2.75) is 19.4 Å². The Labute approximate surface area is 98.8 Å². The highest BCUT2D eigenvalue weighted by molar-refractivity contribution is 9.10. The van der Waals surface area contributed by atoms with Gasteiger partial charge in [-0.15, -0.1) is 12.3 Å². The Hall–Kier alpha value is -0.980. The number of hydrogen-bond acceptors (Lipinski definition) is 2. The first kappa shape index (κ1) is 12.1. The van der Waals surface area contributed by atoms with Crippen LogP contribution in [0, 0.1) is 12.3 Å². The van der Waals surface area contributed by atoms with Gasteiger partial charge in [0.15, 0.2) is 0 Å². The third-order valence-electron chi connectivity index (χ3n) is 2.03. The first-order chi connectivity index (χ1) is 7.24. The minimum absolute atomic E-state index is 0.322. The van der Waals surface area contributed by atoms with E-state index in [2.05, 4.69) is 27.2 Å². The Morgan fingerprint density at radius 1 is 1.47 bits per heavy atom. The highest BCUT2D eigenvalue weighted by Crippen LogP contribution is 2.21. The molecule has 1 aromatic rings. The number of aromatic hydroxyl groups is 1. The van der Waals surface area contributed by atoms with E-state index in [1.165, 1.54) is 0 Å². The van der Waals surface area contributed by atoms with Crippen LogP contribution in [0.2, 0.25) is 0 Å². The third-order valence-corrected chi connectivity index (χ3v) is 2.52. The number of hydrogen-bond donors (Lipinski definition) is 2. The van der Waals surface area contributed by atoms with Crippen molar-refractivity contribution in [3.8, 4) is 18.1 Å². The number of benzene rings is 1. The van der Waals surface area contributed by atoms with E-state index in [0.29, 0.717) is 12.3 Å². The molecule has 0 spiro atoms. The van der Waals surface area contributed by atoms with Crippen LogP contribution in [0.25, 0.3) is 0 Å². The van der Waals surface area contributed by atoms with Crippen molar-refractivity contribution in [2.75, 3.05) is 6.54 Å². The van der Waals surface area contributed by atoms with Crippen molar-refractivity contribution in [3.05, 3.63) is 28.2 Å². The van der Waals surface area contributed by atoms with Gasteiger partial charge in [0.2, 0.25) is 0 Å². The minimum atomic E-state index is 0.322. The molecule has 0 aromatic heterocycles. The van der Waals surface area contributed by atoms with Crippen molar-refractivity contribution in [1.82, 2.24) is 5.32 Å². The van der Waals surface area contributed by atoms with Crippen molar-refractivity contribution >= 4 is 15.9 Å². The molecule has 2 N–H and O–H groups in total. The van der Waals surface area contributed by atoms with Crippen LogP contribution in [0.4, 0.5) is 0 Å². The lowest BCUT2D eigenvalue weighted by Gasteiger charge is -2.06. The number of rotatable bonds is 5. The molecule has 0 heterocycles. The van der Waals surface area contributed by atoms with Gasteiger partial charge in [-0.25, -0.2) is 0 Å². The van der Waals surface area contributed by atoms with E-state index in [9.17, 15) is 5.11 Å². The standard InChI is InChI=1S/C12H14BrNO/c1-2-3-4-7-14-9-10-8-11(13)5-6-12(10)15/h1,5-6,8,14-15H,3-4,7,9H2. The summed E-state index contributed by atoms with van der Waals surface area (Å²) in [4.78, 5) is 0. The maximum Gasteiger partial charge on any atom is 0.120 e. The van der Waals surface area contributed by atoms with E-state index in [0.717, 1.165) is 29.4 Å². The van der Waals surface area contributed by atoms with Gasteiger partial charge in [0.1, 0.15) is 5.75 Å². The Morgan fingerprint density at radius 3 is 3.00 bits per heavy atom. The van der Waals surface area contributed by atoms with Crippen LogP contribution >= 0.6 is 15.9 Å². The molecule has 0 aliphatic carbocycles. The lowest BCUT2D eigenvalue weighted by Crippen LogP contribution is -2.14. The van der Waals surface area contributed by atoms with Gasteiger partial charge < -0.3 is 10.4 Å². The fourth-order valence-corrected chi connectivity index (χ4v) is 1.64. The van der Waals surface area contributed by atoms with Gasteiger partial charge in [0.25, 0.3) is 0 Å². The van der Waals surface area contributed by atoms with Crippen LogP contribution in [-0.2, 0) is 6.54 Å². The van der Waals surface area contributed by atoms with Crippen molar-refractivity contribution in [2.24, 2.45) is 0 Å². The SMILES string of the molecule is C#CCCCNCc1cc(Br)ccc1O. The molecule has 0 amide bonds. The molecule has 80 valence electrons. The second-order valence-electron chi connectivity index (χ2n) is 3.26. The Balaban J connectivity index is 2.37. The van der Waals surface area contributed by atoms with Crippen LogP contribution in [0.5, 0.6) is 5.75 Å². The summed E-state index contributed by atoms with van der Waals surface area (Å²) >= 11 is 3.36. The minimum Gasteiger partial charge on any atom is -0.508 e. The van der Waals surface area contributed by atoms with Gasteiger partial charge in [-0.3, -0.25) is 0 Å². The summed E-state index contributed by atoms with van der Waals surface area (Å²) in [7, 11) is 0. The first-order valence-electron chi connectivity index (χ1n) is 4.85. The van der Waals surface area contributed by atoms with E-state index >= 15 is 0 Å². The topological polar surface area (TPSA) is 32.3 Å². The number of phenolic OH excluding ortho intramolecular Hbond substituents is 1. The van der Waals surface area contributed by atoms with Gasteiger partial charge >= 0.3 is 0 Å². The predicted molar refractivity (Wildman–Crippen MR) is 65.6 cm³/mol. The molecule has 1 rings (SSSR count). The Kier molecular flexibility index (Phi) is 5.23. The van der Waals surface area contributed by atoms with E-state index in [1.54, 1.807) is 6.07 Å². The zero-order valence-corrected chi connectivity index (χ0v) is 10.0. The summed E-state index contributed by atoms with van der Waals surface area (Å²) in [5.41, 5.74) is 0.894. The fraction of sp³-hybridized carbons (Fsp3) is 0.333. The van der Waals surface area contributed by atoms with E-state index < -0.39 is 0 Å². The van der Waals surface area contributed by atoms with Crippen molar-refractivity contribution in [3.63, 3.8) is 0 Å². The van der Waals surface area contributed by atoms with Gasteiger partial charge in [-0.2, -0.15) is 0 Å². The fourth-order valence-electron chi connectivity index (χ4n) is 1.23. The normalized spacial score (nSPS) is 9.87. The van der Waals surface area contributed by atoms with Gasteiger partial charge in [0, 0.05) is 23.0 Å².